The third-order valence-corrected chi connectivity index (χ3v) is 53.7. The van der Waals surface area contributed by atoms with E-state index in [2.05, 4.69) is 112 Å². The van der Waals surface area contributed by atoms with Gasteiger partial charge in [0.1, 0.15) is 0 Å². The summed E-state index contributed by atoms with van der Waals surface area (Å²) in [5.74, 6) is 0. The molecule has 2 aliphatic carbocycles. The molecular weight excluding hydrogens is 504 g/mol. The maximum absolute atomic E-state index is 3.68. The van der Waals surface area contributed by atoms with Crippen molar-refractivity contribution in [2.75, 3.05) is 0 Å². The first kappa shape index (κ1) is 22.4. The normalized spacial score (nSPS) is 13.8. The van der Waals surface area contributed by atoms with Gasteiger partial charge in [-0.15, -0.1) is 0 Å². The molecule has 2 heteroatoms. The topological polar surface area (TPSA) is 0 Å². The van der Waals surface area contributed by atoms with E-state index >= 15 is 0 Å². The second kappa shape index (κ2) is 8.00. The summed E-state index contributed by atoms with van der Waals surface area (Å²) in [5, 5.41) is 0. The maximum atomic E-state index is 2.66. The molecular formula is C32H34SiZr. The summed E-state index contributed by atoms with van der Waals surface area (Å²) < 4.78 is 6.31. The molecule has 0 N–H and O–H groups in total. The van der Waals surface area contributed by atoms with Gasteiger partial charge < -0.3 is 0 Å². The van der Waals surface area contributed by atoms with Gasteiger partial charge in [-0.1, -0.05) is 0 Å². The molecule has 0 unspecified atom stereocenters. The Labute approximate surface area is 205 Å². The van der Waals surface area contributed by atoms with Gasteiger partial charge in [-0.25, -0.2) is 0 Å². The third kappa shape index (κ3) is 2.73. The quantitative estimate of drug-likeness (QED) is 0.203. The molecule has 0 fully saturated rings. The Bertz CT molecular complexity index is 1420. The first-order valence-electron chi connectivity index (χ1n) is 12.9. The molecule has 0 amide bonds. The van der Waals surface area contributed by atoms with Crippen LogP contribution in [0.5, 0.6) is 0 Å². The van der Waals surface area contributed by atoms with Crippen LogP contribution in [0.2, 0.25) is 21.4 Å². The van der Waals surface area contributed by atoms with Crippen molar-refractivity contribution in [2.45, 2.75) is 48.0 Å². The van der Waals surface area contributed by atoms with Gasteiger partial charge in [0.2, 0.25) is 0 Å². The number of hydrogen-bond acceptors (Lipinski definition) is 0. The number of benzene rings is 4. The SMILES string of the molecule is C[CH2][Zr]([CH2]C)([c]1cccc2c1Cc1ccccc1-2)([c]1cccc2c1Cc1ccccc1-2)=[Si](C)C. The summed E-state index contributed by atoms with van der Waals surface area (Å²) in [5.41, 5.74) is 11.7. The Hall–Kier alpha value is -2.02. The van der Waals surface area contributed by atoms with E-state index in [0.29, 0.717) is 0 Å². The first-order chi connectivity index (χ1) is 16.5. The number of hydrogen-bond donors (Lipinski definition) is 0. The average molecular weight is 538 g/mol. The Morgan fingerprint density at radius 2 is 0.971 bits per heavy atom. The summed E-state index contributed by atoms with van der Waals surface area (Å²) in [4.78, 5) is 0. The molecule has 0 saturated heterocycles. The molecule has 4 aromatic rings. The van der Waals surface area contributed by atoms with E-state index in [-0.39, 0.29) is 0 Å². The molecule has 2 aliphatic rings. The van der Waals surface area contributed by atoms with Crippen molar-refractivity contribution in [1.82, 2.24) is 0 Å². The van der Waals surface area contributed by atoms with Crippen molar-refractivity contribution >= 4 is 12.0 Å². The van der Waals surface area contributed by atoms with Gasteiger partial charge in [0.25, 0.3) is 0 Å². The monoisotopic (exact) mass is 536 g/mol. The summed E-state index contributed by atoms with van der Waals surface area (Å²) in [7, 11) is 0. The predicted octanol–water partition coefficient (Wildman–Crippen LogP) is 7.60. The molecule has 0 atom stereocenters. The van der Waals surface area contributed by atoms with Crippen molar-refractivity contribution in [2.24, 2.45) is 0 Å². The Kier molecular flexibility index (Phi) is 5.28. The zero-order valence-corrected chi connectivity index (χ0v) is 24.4. The zero-order valence-electron chi connectivity index (χ0n) is 20.9. The summed E-state index contributed by atoms with van der Waals surface area (Å²) in [6.45, 7) is 10.4. The molecule has 6 rings (SSSR count). The number of fused-ring (bicyclic) bond motifs is 6. The standard InChI is InChI=1S/2C13H9.C2H6Si.2C2H5.Zr/c2*1-3-7-12-10(5-1)9-11-6-2-4-8-13(11)12;1-3-2;2*1-2;/h2*1-5,7-8H,9H2;1-2H3;2*1H2,2H3;. The third-order valence-electron chi connectivity index (χ3n) is 9.77. The van der Waals surface area contributed by atoms with Gasteiger partial charge in [0.15, 0.2) is 0 Å². The number of rotatable bonds is 4. The Morgan fingerprint density at radius 3 is 1.38 bits per heavy atom. The van der Waals surface area contributed by atoms with Crippen molar-refractivity contribution in [1.29, 1.82) is 0 Å². The van der Waals surface area contributed by atoms with Crippen LogP contribution in [0.15, 0.2) is 84.9 Å². The zero-order chi connectivity index (χ0) is 23.5. The van der Waals surface area contributed by atoms with Crippen LogP contribution in [0.25, 0.3) is 22.3 Å². The molecule has 0 bridgehead atoms. The minimum atomic E-state index is -3.68. The van der Waals surface area contributed by atoms with Crippen molar-refractivity contribution in [3.63, 3.8) is 0 Å². The minimum absolute atomic E-state index is 0.603. The molecule has 0 aliphatic heterocycles. The van der Waals surface area contributed by atoms with Crippen LogP contribution in [0.4, 0.5) is 0 Å². The molecule has 0 nitrogen and oxygen atoms in total. The molecule has 0 aromatic heterocycles. The van der Waals surface area contributed by atoms with E-state index in [0.717, 1.165) is 12.8 Å². The van der Waals surface area contributed by atoms with E-state index in [1.54, 1.807) is 11.1 Å². The van der Waals surface area contributed by atoms with Gasteiger partial charge in [-0.05, 0) is 0 Å². The van der Waals surface area contributed by atoms with E-state index < -0.39 is 22.8 Å². The fourth-order valence-corrected chi connectivity index (χ4v) is 44.3. The van der Waals surface area contributed by atoms with Crippen LogP contribution >= 0.6 is 0 Å². The van der Waals surface area contributed by atoms with Gasteiger partial charge >= 0.3 is 207 Å². The summed E-state index contributed by atoms with van der Waals surface area (Å²) >= 11 is -3.68. The van der Waals surface area contributed by atoms with E-state index in [1.165, 1.54) is 41.6 Å². The van der Waals surface area contributed by atoms with Crippen LogP contribution < -0.4 is 6.54 Å². The van der Waals surface area contributed by atoms with Crippen LogP contribution in [-0.4, -0.2) is 5.43 Å². The van der Waals surface area contributed by atoms with Crippen molar-refractivity contribution in [3.05, 3.63) is 107 Å². The van der Waals surface area contributed by atoms with E-state index in [1.807, 2.05) is 6.54 Å². The van der Waals surface area contributed by atoms with E-state index in [9.17, 15) is 0 Å². The molecule has 0 spiro atoms. The Morgan fingerprint density at radius 1 is 0.559 bits per heavy atom. The van der Waals surface area contributed by atoms with Gasteiger partial charge in [-0.3, -0.25) is 0 Å². The van der Waals surface area contributed by atoms with Crippen molar-refractivity contribution in [3.8, 4) is 22.3 Å². The summed E-state index contributed by atoms with van der Waals surface area (Å²) in [6, 6.07) is 33.0. The fraction of sp³-hybridized carbons (Fsp3) is 0.250. The van der Waals surface area contributed by atoms with Crippen LogP contribution in [0, 0.1) is 0 Å². The van der Waals surface area contributed by atoms with Crippen LogP contribution in [-0.2, 0) is 30.2 Å². The molecule has 0 radical (unpaired) electrons. The second-order valence-electron chi connectivity index (χ2n) is 10.7. The van der Waals surface area contributed by atoms with Crippen LogP contribution in [0.3, 0.4) is 0 Å². The average Bonchev–Trinajstić information content (AvgIpc) is 3.44. The fourth-order valence-electron chi connectivity index (χ4n) is 7.85. The van der Waals surface area contributed by atoms with Gasteiger partial charge in [0, 0.05) is 0 Å². The van der Waals surface area contributed by atoms with E-state index in [4.69, 9.17) is 0 Å². The van der Waals surface area contributed by atoms with Crippen LogP contribution in [0.1, 0.15) is 36.1 Å². The molecule has 0 heterocycles. The van der Waals surface area contributed by atoms with Crippen molar-refractivity contribution < 1.29 is 17.4 Å². The molecule has 34 heavy (non-hydrogen) atoms. The first-order valence-corrected chi connectivity index (χ1v) is 25.0. The molecule has 170 valence electrons. The summed E-state index contributed by atoms with van der Waals surface area (Å²) in [6.07, 6.45) is 2.21. The second-order valence-corrected chi connectivity index (χ2v) is 41.7. The Balaban J connectivity index is 1.72. The molecule has 0 saturated carbocycles. The van der Waals surface area contributed by atoms with Gasteiger partial charge in [-0.2, -0.15) is 0 Å². The predicted molar refractivity (Wildman–Crippen MR) is 147 cm³/mol. The molecule has 4 aromatic carbocycles. The van der Waals surface area contributed by atoms with Gasteiger partial charge in [0.05, 0.1) is 0 Å².